The molecular weight excluding hydrogens is 321 g/mol. The Morgan fingerprint density at radius 1 is 1.41 bits per heavy atom. The molecule has 4 atom stereocenters. The number of hydrogen-bond acceptors (Lipinski definition) is 7. The lowest BCUT2D eigenvalue weighted by molar-refractivity contribution is -0.132. The number of carboxylic acids is 1. The van der Waals surface area contributed by atoms with Gasteiger partial charge in [-0.25, -0.2) is 9.36 Å². The van der Waals surface area contributed by atoms with Crippen molar-refractivity contribution in [2.45, 2.75) is 24.5 Å². The minimum absolute atomic E-state index is 0.0218. The van der Waals surface area contributed by atoms with Crippen LogP contribution in [0.1, 0.15) is 0 Å². The molecule has 0 radical (unpaired) electrons. The number of hydrogen-bond donors (Lipinski definition) is 5. The number of nitrogens with zero attached hydrogens (tertiary/aromatic N) is 1. The molecule has 0 bridgehead atoms. The topological polar surface area (TPSA) is 157 Å². The van der Waals surface area contributed by atoms with Gasteiger partial charge >= 0.3 is 13.8 Å². The number of ether oxygens (including phenoxy) is 1. The summed E-state index contributed by atoms with van der Waals surface area (Å²) < 4.78 is 20.2. The molecule has 4 unspecified atom stereocenters. The molecule has 0 aromatic heterocycles. The smallest absolute Gasteiger partial charge is 0.469 e. The summed E-state index contributed by atoms with van der Waals surface area (Å²) in [6, 6.07) is 0. The van der Waals surface area contributed by atoms with Crippen LogP contribution in [0.4, 0.5) is 0 Å². The second-order valence-electron chi connectivity index (χ2n) is 4.82. The Labute approximate surface area is 125 Å². The fraction of sp³-hybridized carbons (Fsp3) is 0.545. The van der Waals surface area contributed by atoms with Crippen molar-refractivity contribution in [3.05, 3.63) is 23.9 Å². The number of aliphatic hydroxyl groups excluding tert-OH is 2. The number of aliphatic carboxylic acids is 1. The second-order valence-corrected chi connectivity index (χ2v) is 6.06. The van der Waals surface area contributed by atoms with Crippen molar-refractivity contribution in [1.82, 2.24) is 4.90 Å². The van der Waals surface area contributed by atoms with Gasteiger partial charge in [0, 0.05) is 12.7 Å². The summed E-state index contributed by atoms with van der Waals surface area (Å²) in [5.41, 5.74) is -0.0218. The Balaban J connectivity index is 2.05. The van der Waals surface area contributed by atoms with Gasteiger partial charge < -0.3 is 34.7 Å². The molecule has 0 aromatic rings. The summed E-state index contributed by atoms with van der Waals surface area (Å²) in [6.45, 7) is -0.366. The van der Waals surface area contributed by atoms with Crippen LogP contribution in [0.2, 0.25) is 0 Å². The molecule has 124 valence electrons. The molecule has 0 aliphatic carbocycles. The zero-order valence-corrected chi connectivity index (χ0v) is 12.1. The van der Waals surface area contributed by atoms with Gasteiger partial charge in [-0.15, -0.1) is 0 Å². The van der Waals surface area contributed by atoms with Gasteiger partial charge in [-0.1, -0.05) is 6.08 Å². The molecule has 2 aliphatic heterocycles. The molecule has 0 aromatic carbocycles. The Hall–Kier alpha value is -1.26. The van der Waals surface area contributed by atoms with E-state index < -0.39 is 44.9 Å². The average Bonchev–Trinajstić information content (AvgIpc) is 2.72. The molecule has 10 nitrogen and oxygen atoms in total. The lowest BCUT2D eigenvalue weighted by Crippen LogP contribution is -2.42. The third kappa shape index (κ3) is 3.93. The third-order valence-electron chi connectivity index (χ3n) is 3.24. The van der Waals surface area contributed by atoms with Crippen LogP contribution in [0, 0.1) is 0 Å². The van der Waals surface area contributed by atoms with Crippen molar-refractivity contribution in [3.8, 4) is 0 Å². The zero-order valence-electron chi connectivity index (χ0n) is 11.2. The molecule has 2 aliphatic rings. The van der Waals surface area contributed by atoms with Gasteiger partial charge in [-0.3, -0.25) is 4.52 Å². The van der Waals surface area contributed by atoms with Crippen molar-refractivity contribution in [1.29, 1.82) is 0 Å². The number of aliphatic hydroxyl groups is 2. The Morgan fingerprint density at radius 3 is 2.68 bits per heavy atom. The number of phosphoric ester groups is 1. The molecule has 0 amide bonds. The normalized spacial score (nSPS) is 32.2. The van der Waals surface area contributed by atoms with E-state index in [2.05, 4.69) is 4.52 Å². The van der Waals surface area contributed by atoms with E-state index in [1.165, 1.54) is 17.2 Å². The molecule has 1 fully saturated rings. The molecule has 11 heteroatoms. The maximum absolute atomic E-state index is 10.9. The first-order valence-electron chi connectivity index (χ1n) is 6.28. The first-order valence-corrected chi connectivity index (χ1v) is 7.81. The third-order valence-corrected chi connectivity index (χ3v) is 3.72. The highest BCUT2D eigenvalue weighted by atomic mass is 31.2. The van der Waals surface area contributed by atoms with Crippen molar-refractivity contribution in [2.24, 2.45) is 0 Å². The molecule has 2 heterocycles. The van der Waals surface area contributed by atoms with Crippen molar-refractivity contribution in [2.75, 3.05) is 13.2 Å². The summed E-state index contributed by atoms with van der Waals surface area (Å²) in [5.74, 6) is -1.16. The van der Waals surface area contributed by atoms with E-state index in [1.807, 2.05) is 0 Å². The predicted molar refractivity (Wildman–Crippen MR) is 70.2 cm³/mol. The average molecular weight is 337 g/mol. The van der Waals surface area contributed by atoms with E-state index in [0.717, 1.165) is 0 Å². The Morgan fingerprint density at radius 2 is 2.09 bits per heavy atom. The summed E-state index contributed by atoms with van der Waals surface area (Å²) >= 11 is 0. The number of carboxylic acid groups (broad SMARTS) is 1. The summed E-state index contributed by atoms with van der Waals surface area (Å²) in [6.07, 6.45) is -0.821. The number of phosphoric acid groups is 1. The largest absolute Gasteiger partial charge is 0.478 e. The van der Waals surface area contributed by atoms with E-state index in [1.54, 1.807) is 6.08 Å². The lowest BCUT2D eigenvalue weighted by atomic mass is 10.1. The van der Waals surface area contributed by atoms with Crippen LogP contribution in [-0.2, 0) is 18.6 Å². The van der Waals surface area contributed by atoms with Crippen LogP contribution >= 0.6 is 7.82 Å². The first kappa shape index (κ1) is 17.1. The Kier molecular flexibility index (Phi) is 5.03. The van der Waals surface area contributed by atoms with E-state index in [-0.39, 0.29) is 12.1 Å². The molecule has 0 saturated carbocycles. The molecule has 1 saturated heterocycles. The summed E-state index contributed by atoms with van der Waals surface area (Å²) in [7, 11) is -4.73. The van der Waals surface area contributed by atoms with E-state index in [9.17, 15) is 19.6 Å². The van der Waals surface area contributed by atoms with Crippen LogP contribution in [-0.4, -0.2) is 73.7 Å². The van der Waals surface area contributed by atoms with Gasteiger partial charge in [-0.05, 0) is 6.08 Å². The first-order chi connectivity index (χ1) is 10.2. The van der Waals surface area contributed by atoms with Gasteiger partial charge in [0.15, 0.2) is 6.23 Å². The van der Waals surface area contributed by atoms with Gasteiger partial charge in [0.25, 0.3) is 0 Å². The number of rotatable bonds is 5. The van der Waals surface area contributed by atoms with Crippen molar-refractivity contribution < 1.29 is 43.7 Å². The van der Waals surface area contributed by atoms with E-state index >= 15 is 0 Å². The fourth-order valence-electron chi connectivity index (χ4n) is 2.19. The minimum atomic E-state index is -4.73. The monoisotopic (exact) mass is 337 g/mol. The molecule has 2 rings (SSSR count). The Bertz CT molecular complexity index is 542. The van der Waals surface area contributed by atoms with Crippen LogP contribution in [0.3, 0.4) is 0 Å². The van der Waals surface area contributed by atoms with Crippen LogP contribution in [0.5, 0.6) is 0 Å². The van der Waals surface area contributed by atoms with Crippen molar-refractivity contribution in [3.63, 3.8) is 0 Å². The SMILES string of the molecule is O=C(O)C1=CN(C2OC(COP(=O)(O)O)C(O)C2O)CC=C1. The quantitative estimate of drug-likeness (QED) is 0.369. The van der Waals surface area contributed by atoms with E-state index in [4.69, 9.17) is 19.6 Å². The van der Waals surface area contributed by atoms with Gasteiger partial charge in [-0.2, -0.15) is 0 Å². The summed E-state index contributed by atoms with van der Waals surface area (Å²) in [4.78, 5) is 29.6. The summed E-state index contributed by atoms with van der Waals surface area (Å²) in [5, 5.41) is 28.7. The molecule has 22 heavy (non-hydrogen) atoms. The van der Waals surface area contributed by atoms with Gasteiger partial charge in [0.1, 0.15) is 18.3 Å². The predicted octanol–water partition coefficient (Wildman–Crippen LogP) is -1.62. The zero-order chi connectivity index (χ0) is 16.5. The molecule has 0 spiro atoms. The van der Waals surface area contributed by atoms with Crippen molar-refractivity contribution >= 4 is 13.8 Å². The fourth-order valence-corrected chi connectivity index (χ4v) is 2.53. The minimum Gasteiger partial charge on any atom is -0.478 e. The van der Waals surface area contributed by atoms with Gasteiger partial charge in [0.05, 0.1) is 12.2 Å². The van der Waals surface area contributed by atoms with Gasteiger partial charge in [0.2, 0.25) is 0 Å². The van der Waals surface area contributed by atoms with E-state index in [0.29, 0.717) is 0 Å². The molecule has 5 N–H and O–H groups in total. The lowest BCUT2D eigenvalue weighted by Gasteiger charge is -2.30. The van der Waals surface area contributed by atoms with Crippen LogP contribution < -0.4 is 0 Å². The highest BCUT2D eigenvalue weighted by molar-refractivity contribution is 7.46. The second kappa shape index (κ2) is 6.47. The molecular formula is C11H16NO9P. The van der Waals surface area contributed by atoms with Crippen LogP contribution in [0.25, 0.3) is 0 Å². The highest BCUT2D eigenvalue weighted by Crippen LogP contribution is 2.37. The number of carbonyl (C=O) groups is 1. The maximum Gasteiger partial charge on any atom is 0.469 e. The highest BCUT2D eigenvalue weighted by Gasteiger charge is 2.45. The standard InChI is InChI=1S/C11H16NO9P/c13-8-7(5-20-22(17,18)19)21-10(9(8)14)12-3-1-2-6(4-12)11(15)16/h1-2,4,7-10,13-14H,3,5H2,(H,15,16)(H2,17,18,19). The maximum atomic E-state index is 10.9. The van der Waals surface area contributed by atoms with Crippen LogP contribution in [0.15, 0.2) is 23.9 Å².